The molecule has 2 rings (SSSR count). The van der Waals surface area contributed by atoms with E-state index in [4.69, 9.17) is 0 Å². The van der Waals surface area contributed by atoms with Crippen LogP contribution in [0.4, 0.5) is 0 Å². The molecular weight excluding hydrogens is 274 g/mol. The van der Waals surface area contributed by atoms with Crippen molar-refractivity contribution in [2.45, 2.75) is 25.7 Å². The van der Waals surface area contributed by atoms with Gasteiger partial charge in [-0.15, -0.1) is 12.4 Å². The highest BCUT2D eigenvalue weighted by Gasteiger charge is 2.28. The van der Waals surface area contributed by atoms with E-state index in [0.29, 0.717) is 24.9 Å². The maximum Gasteiger partial charge on any atom is 0.279 e. The molecule has 0 bridgehead atoms. The third-order valence-corrected chi connectivity index (χ3v) is 5.16. The van der Waals surface area contributed by atoms with Gasteiger partial charge in [0.15, 0.2) is 0 Å². The SMILES string of the molecule is CN(CC1CC1)S(=O)(=O)NCCC1CCNC1.Cl. The lowest BCUT2D eigenvalue weighted by molar-refractivity contribution is 0.437. The summed E-state index contributed by atoms with van der Waals surface area (Å²) in [5, 5.41) is 3.29. The van der Waals surface area contributed by atoms with Crippen molar-refractivity contribution >= 4 is 22.6 Å². The Labute approximate surface area is 116 Å². The van der Waals surface area contributed by atoms with Gasteiger partial charge in [0.25, 0.3) is 10.2 Å². The topological polar surface area (TPSA) is 61.4 Å². The molecule has 0 radical (unpaired) electrons. The molecule has 2 aliphatic rings. The van der Waals surface area contributed by atoms with Gasteiger partial charge in [0.2, 0.25) is 0 Å². The molecule has 108 valence electrons. The Bertz CT molecular complexity index is 340. The zero-order chi connectivity index (χ0) is 12.3. The van der Waals surface area contributed by atoms with E-state index in [2.05, 4.69) is 10.0 Å². The molecule has 0 aromatic heterocycles. The second kappa shape index (κ2) is 7.05. The van der Waals surface area contributed by atoms with Crippen molar-refractivity contribution in [2.75, 3.05) is 33.2 Å². The molecule has 2 N–H and O–H groups in total. The van der Waals surface area contributed by atoms with Crippen molar-refractivity contribution < 1.29 is 8.42 Å². The first-order valence-electron chi connectivity index (χ1n) is 6.49. The second-order valence-electron chi connectivity index (χ2n) is 5.27. The third-order valence-electron chi connectivity index (χ3n) is 3.62. The van der Waals surface area contributed by atoms with Crippen LogP contribution in [0.1, 0.15) is 25.7 Å². The Morgan fingerprint density at radius 3 is 2.56 bits per heavy atom. The van der Waals surface area contributed by atoms with Crippen molar-refractivity contribution in [1.29, 1.82) is 0 Å². The lowest BCUT2D eigenvalue weighted by Gasteiger charge is -2.18. The Morgan fingerprint density at radius 1 is 1.28 bits per heavy atom. The average Bonchev–Trinajstić information content (AvgIpc) is 2.93. The van der Waals surface area contributed by atoms with E-state index in [0.717, 1.165) is 19.5 Å². The second-order valence-corrected chi connectivity index (χ2v) is 7.13. The van der Waals surface area contributed by atoms with E-state index in [1.54, 1.807) is 7.05 Å². The van der Waals surface area contributed by atoms with Gasteiger partial charge in [-0.25, -0.2) is 4.72 Å². The average molecular weight is 298 g/mol. The molecule has 1 saturated carbocycles. The Balaban J connectivity index is 0.00000162. The summed E-state index contributed by atoms with van der Waals surface area (Å²) < 4.78 is 27.9. The van der Waals surface area contributed by atoms with Crippen LogP contribution in [0.2, 0.25) is 0 Å². The standard InChI is InChI=1S/C11H23N3O2S.ClH/c1-14(9-11-2-3-11)17(15,16)13-7-5-10-4-6-12-8-10;/h10-13H,2-9H2,1H3;1H. The van der Waals surface area contributed by atoms with E-state index < -0.39 is 10.2 Å². The summed E-state index contributed by atoms with van der Waals surface area (Å²) in [4.78, 5) is 0. The highest BCUT2D eigenvalue weighted by Crippen LogP contribution is 2.29. The number of rotatable bonds is 7. The zero-order valence-corrected chi connectivity index (χ0v) is 12.5. The van der Waals surface area contributed by atoms with Crippen LogP contribution in [-0.4, -0.2) is 45.9 Å². The summed E-state index contributed by atoms with van der Waals surface area (Å²) in [6.07, 6.45) is 4.45. The monoisotopic (exact) mass is 297 g/mol. The highest BCUT2D eigenvalue weighted by atomic mass is 35.5. The van der Waals surface area contributed by atoms with Crippen molar-refractivity contribution in [3.63, 3.8) is 0 Å². The minimum absolute atomic E-state index is 0. The molecule has 0 aromatic carbocycles. The molecule has 1 saturated heterocycles. The highest BCUT2D eigenvalue weighted by molar-refractivity contribution is 7.87. The molecular formula is C11H24ClN3O2S. The van der Waals surface area contributed by atoms with Gasteiger partial charge in [-0.1, -0.05) is 0 Å². The molecule has 1 aliphatic heterocycles. The van der Waals surface area contributed by atoms with E-state index in [9.17, 15) is 8.42 Å². The predicted molar refractivity (Wildman–Crippen MR) is 75.1 cm³/mol. The maximum atomic E-state index is 11.9. The number of hydrogen-bond donors (Lipinski definition) is 2. The fourth-order valence-electron chi connectivity index (χ4n) is 2.23. The van der Waals surface area contributed by atoms with E-state index >= 15 is 0 Å². The largest absolute Gasteiger partial charge is 0.316 e. The molecule has 0 spiro atoms. The first kappa shape index (κ1) is 16.2. The van der Waals surface area contributed by atoms with Gasteiger partial charge in [0, 0.05) is 20.1 Å². The summed E-state index contributed by atoms with van der Waals surface area (Å²) >= 11 is 0. The van der Waals surface area contributed by atoms with Crippen LogP contribution in [0.3, 0.4) is 0 Å². The smallest absolute Gasteiger partial charge is 0.279 e. The summed E-state index contributed by atoms with van der Waals surface area (Å²) in [6, 6.07) is 0. The third kappa shape index (κ3) is 5.01. The van der Waals surface area contributed by atoms with Gasteiger partial charge in [-0.3, -0.25) is 0 Å². The van der Waals surface area contributed by atoms with Gasteiger partial charge in [0.1, 0.15) is 0 Å². The molecule has 5 nitrogen and oxygen atoms in total. The summed E-state index contributed by atoms with van der Waals surface area (Å²) in [6.45, 7) is 3.32. The molecule has 18 heavy (non-hydrogen) atoms. The number of hydrogen-bond acceptors (Lipinski definition) is 3. The van der Waals surface area contributed by atoms with Crippen LogP contribution < -0.4 is 10.0 Å². The Kier molecular flexibility index (Phi) is 6.34. The van der Waals surface area contributed by atoms with Crippen molar-refractivity contribution in [3.8, 4) is 0 Å². The lowest BCUT2D eigenvalue weighted by Crippen LogP contribution is -2.40. The molecule has 1 unspecified atom stereocenters. The van der Waals surface area contributed by atoms with E-state index in [1.807, 2.05) is 0 Å². The van der Waals surface area contributed by atoms with Gasteiger partial charge in [-0.2, -0.15) is 12.7 Å². The first-order valence-corrected chi connectivity index (χ1v) is 7.93. The Morgan fingerprint density at radius 2 is 2.00 bits per heavy atom. The number of nitrogens with one attached hydrogen (secondary N) is 2. The van der Waals surface area contributed by atoms with Crippen molar-refractivity contribution in [1.82, 2.24) is 14.3 Å². The number of halogens is 1. The molecule has 0 aromatic rings. The molecule has 1 aliphatic carbocycles. The molecule has 7 heteroatoms. The molecule has 2 fully saturated rings. The minimum atomic E-state index is -3.24. The predicted octanol–water partition coefficient (Wildman–Crippen LogP) is 0.584. The van der Waals surface area contributed by atoms with Crippen LogP contribution in [0.15, 0.2) is 0 Å². The van der Waals surface area contributed by atoms with Crippen LogP contribution in [0.5, 0.6) is 0 Å². The van der Waals surface area contributed by atoms with Gasteiger partial charge in [0.05, 0.1) is 0 Å². The summed E-state index contributed by atoms with van der Waals surface area (Å²) in [7, 11) is -1.58. The fraction of sp³-hybridized carbons (Fsp3) is 1.00. The van der Waals surface area contributed by atoms with Crippen LogP contribution in [0.25, 0.3) is 0 Å². The normalized spacial score (nSPS) is 24.2. The van der Waals surface area contributed by atoms with E-state index in [1.165, 1.54) is 23.6 Å². The van der Waals surface area contributed by atoms with Crippen LogP contribution in [-0.2, 0) is 10.2 Å². The first-order chi connectivity index (χ1) is 8.08. The van der Waals surface area contributed by atoms with Gasteiger partial charge in [-0.05, 0) is 50.6 Å². The van der Waals surface area contributed by atoms with Crippen molar-refractivity contribution in [3.05, 3.63) is 0 Å². The van der Waals surface area contributed by atoms with Gasteiger partial charge < -0.3 is 5.32 Å². The Hall–Kier alpha value is 0.120. The maximum absolute atomic E-state index is 11.9. The minimum Gasteiger partial charge on any atom is -0.316 e. The molecule has 0 amide bonds. The number of nitrogens with zero attached hydrogens (tertiary/aromatic N) is 1. The molecule has 1 heterocycles. The lowest BCUT2D eigenvalue weighted by atomic mass is 10.1. The van der Waals surface area contributed by atoms with Crippen LogP contribution >= 0.6 is 12.4 Å². The van der Waals surface area contributed by atoms with Crippen LogP contribution in [0, 0.1) is 11.8 Å². The van der Waals surface area contributed by atoms with Gasteiger partial charge >= 0.3 is 0 Å². The fourth-order valence-corrected chi connectivity index (χ4v) is 3.23. The quantitative estimate of drug-likeness (QED) is 0.723. The van der Waals surface area contributed by atoms with E-state index in [-0.39, 0.29) is 12.4 Å². The zero-order valence-electron chi connectivity index (χ0n) is 10.9. The summed E-state index contributed by atoms with van der Waals surface area (Å²) in [5.41, 5.74) is 0. The molecule has 1 atom stereocenters. The van der Waals surface area contributed by atoms with Crippen molar-refractivity contribution in [2.24, 2.45) is 11.8 Å². The summed E-state index contributed by atoms with van der Waals surface area (Å²) in [5.74, 6) is 1.22.